The highest BCUT2D eigenvalue weighted by atomic mass is 32.1. The smallest absolute Gasteiger partial charge is 0.276 e. The van der Waals surface area contributed by atoms with Crippen LogP contribution in [0.4, 0.5) is 0 Å². The monoisotopic (exact) mass is 462 g/mol. The van der Waals surface area contributed by atoms with Crippen molar-refractivity contribution < 1.29 is 13.9 Å². The van der Waals surface area contributed by atoms with Crippen LogP contribution in [0, 0.1) is 6.92 Å². The van der Waals surface area contributed by atoms with Crippen molar-refractivity contribution in [3.63, 3.8) is 0 Å². The number of hydrogen-bond acceptors (Lipinski definition) is 7. The lowest BCUT2D eigenvalue weighted by Gasteiger charge is -2.09. The molecular weight excluding hydrogens is 440 g/mol. The molecule has 1 aromatic carbocycles. The summed E-state index contributed by atoms with van der Waals surface area (Å²) in [6.45, 7) is 4.60. The van der Waals surface area contributed by atoms with E-state index in [4.69, 9.17) is 13.9 Å². The zero-order chi connectivity index (χ0) is 22.9. The minimum absolute atomic E-state index is 0.139. The maximum Gasteiger partial charge on any atom is 0.276 e. The molecule has 0 fully saturated rings. The van der Waals surface area contributed by atoms with Gasteiger partial charge in [-0.25, -0.2) is 9.50 Å². The van der Waals surface area contributed by atoms with Gasteiger partial charge in [-0.05, 0) is 49.6 Å². The highest BCUT2D eigenvalue weighted by molar-refractivity contribution is 7.13. The summed E-state index contributed by atoms with van der Waals surface area (Å²) in [5, 5.41) is 6.51. The lowest BCUT2D eigenvalue weighted by molar-refractivity contribution is 0.311. The van der Waals surface area contributed by atoms with Crippen molar-refractivity contribution in [2.24, 2.45) is 0 Å². The summed E-state index contributed by atoms with van der Waals surface area (Å²) in [5.41, 5.74) is 2.60. The number of fused-ring (bicyclic) bond motifs is 1. The molecule has 0 unspecified atom stereocenters. The van der Waals surface area contributed by atoms with Crippen LogP contribution < -0.4 is 15.0 Å². The minimum Gasteiger partial charge on any atom is -0.493 e. The van der Waals surface area contributed by atoms with Gasteiger partial charge in [0.05, 0.1) is 25.1 Å². The normalized spacial score (nSPS) is 11.2. The highest BCUT2D eigenvalue weighted by Gasteiger charge is 2.16. The summed E-state index contributed by atoms with van der Waals surface area (Å²) in [4.78, 5) is 18.8. The number of hydrogen-bond donors (Lipinski definition) is 0. The lowest BCUT2D eigenvalue weighted by atomic mass is 10.2. The predicted octanol–water partition coefficient (Wildman–Crippen LogP) is 4.64. The van der Waals surface area contributed by atoms with Crippen molar-refractivity contribution in [3.05, 3.63) is 76.0 Å². The second-order valence-corrected chi connectivity index (χ2v) is 8.34. The Labute approximate surface area is 193 Å². The maximum atomic E-state index is 13.1. The standard InChI is InChI=1S/C24H22N4O4S/c1-4-31-20-8-7-16(12-21(20)30-3)23-25-18(15(2)32-23)14-27-9-10-28-19(24(27)29)13-17(26-28)22-6-5-11-33-22/h5-13H,4,14H2,1-3H3. The van der Waals surface area contributed by atoms with Crippen LogP contribution in [0.3, 0.4) is 0 Å². The Hall–Kier alpha value is -3.85. The Bertz CT molecular complexity index is 1480. The molecule has 0 radical (unpaired) electrons. The van der Waals surface area contributed by atoms with Crippen LogP contribution in [-0.4, -0.2) is 32.9 Å². The molecule has 0 aliphatic heterocycles. The van der Waals surface area contributed by atoms with Crippen molar-refractivity contribution in [2.75, 3.05) is 13.7 Å². The van der Waals surface area contributed by atoms with Gasteiger partial charge >= 0.3 is 0 Å². The molecule has 0 spiro atoms. The molecule has 5 rings (SSSR count). The molecule has 0 N–H and O–H groups in total. The summed E-state index contributed by atoms with van der Waals surface area (Å²) in [6, 6.07) is 11.3. The van der Waals surface area contributed by atoms with E-state index in [1.807, 2.05) is 55.6 Å². The molecule has 0 amide bonds. The first kappa shape index (κ1) is 21.0. The van der Waals surface area contributed by atoms with Crippen LogP contribution in [0.5, 0.6) is 11.5 Å². The molecular formula is C24H22N4O4S. The lowest BCUT2D eigenvalue weighted by Crippen LogP contribution is -2.22. The van der Waals surface area contributed by atoms with Crippen molar-refractivity contribution in [1.29, 1.82) is 0 Å². The number of rotatable bonds is 7. The van der Waals surface area contributed by atoms with E-state index in [1.54, 1.807) is 39.9 Å². The van der Waals surface area contributed by atoms with Gasteiger partial charge in [-0.1, -0.05) is 6.07 Å². The number of nitrogens with zero attached hydrogens (tertiary/aromatic N) is 4. The molecule has 4 aromatic heterocycles. The average Bonchev–Trinajstić information content (AvgIpc) is 3.56. The molecule has 0 bridgehead atoms. The Kier molecular flexibility index (Phi) is 5.47. The van der Waals surface area contributed by atoms with E-state index in [1.165, 1.54) is 0 Å². The van der Waals surface area contributed by atoms with Gasteiger partial charge in [0, 0.05) is 18.0 Å². The molecule has 0 aliphatic carbocycles. The zero-order valence-electron chi connectivity index (χ0n) is 18.4. The number of ether oxygens (including phenoxy) is 2. The molecule has 8 nitrogen and oxygen atoms in total. The van der Waals surface area contributed by atoms with Crippen LogP contribution in [0.15, 0.2) is 63.4 Å². The van der Waals surface area contributed by atoms with Gasteiger partial charge in [-0.15, -0.1) is 11.3 Å². The molecule has 5 aromatic rings. The third-order valence-corrected chi connectivity index (χ3v) is 6.19. The second-order valence-electron chi connectivity index (χ2n) is 7.39. The van der Waals surface area contributed by atoms with Crippen molar-refractivity contribution in [1.82, 2.24) is 19.2 Å². The van der Waals surface area contributed by atoms with Gasteiger partial charge in [-0.2, -0.15) is 5.10 Å². The van der Waals surface area contributed by atoms with Gasteiger partial charge in [0.2, 0.25) is 5.89 Å². The van der Waals surface area contributed by atoms with Crippen LogP contribution in [0.1, 0.15) is 18.4 Å². The third kappa shape index (κ3) is 3.91. The van der Waals surface area contributed by atoms with Gasteiger partial charge < -0.3 is 18.5 Å². The number of methoxy groups -OCH3 is 1. The maximum absolute atomic E-state index is 13.1. The Balaban J connectivity index is 1.46. The molecule has 0 saturated heterocycles. The molecule has 0 saturated carbocycles. The topological polar surface area (TPSA) is 83.8 Å². The fourth-order valence-electron chi connectivity index (χ4n) is 3.63. The number of oxazole rings is 1. The van der Waals surface area contributed by atoms with Crippen LogP contribution in [0.2, 0.25) is 0 Å². The Morgan fingerprint density at radius 3 is 2.79 bits per heavy atom. The summed E-state index contributed by atoms with van der Waals surface area (Å²) in [6.07, 6.45) is 3.50. The fourth-order valence-corrected chi connectivity index (χ4v) is 4.31. The van der Waals surface area contributed by atoms with Gasteiger partial charge in [0.15, 0.2) is 11.5 Å². The Morgan fingerprint density at radius 1 is 1.15 bits per heavy atom. The summed E-state index contributed by atoms with van der Waals surface area (Å²) < 4.78 is 20.2. The molecule has 168 valence electrons. The van der Waals surface area contributed by atoms with Crippen molar-refractivity contribution in [2.45, 2.75) is 20.4 Å². The first-order valence-corrected chi connectivity index (χ1v) is 11.4. The van der Waals surface area contributed by atoms with Gasteiger partial charge in [0.1, 0.15) is 22.7 Å². The SMILES string of the molecule is CCOc1ccc(-c2nc(Cn3ccn4nc(-c5cccs5)cc4c3=O)c(C)o2)cc1OC. The van der Waals surface area contributed by atoms with Gasteiger partial charge in [-0.3, -0.25) is 4.79 Å². The molecule has 33 heavy (non-hydrogen) atoms. The van der Waals surface area contributed by atoms with E-state index in [0.717, 1.165) is 16.1 Å². The highest BCUT2D eigenvalue weighted by Crippen LogP contribution is 2.33. The van der Waals surface area contributed by atoms with Crippen LogP contribution in [-0.2, 0) is 6.54 Å². The second kappa shape index (κ2) is 8.59. The van der Waals surface area contributed by atoms with E-state index < -0.39 is 0 Å². The zero-order valence-corrected chi connectivity index (χ0v) is 19.3. The average molecular weight is 463 g/mol. The first-order valence-electron chi connectivity index (χ1n) is 10.5. The van der Waals surface area contributed by atoms with E-state index in [9.17, 15) is 4.79 Å². The third-order valence-electron chi connectivity index (χ3n) is 5.30. The molecule has 0 atom stereocenters. The number of aryl methyl sites for hydroxylation is 1. The summed E-state index contributed by atoms with van der Waals surface area (Å²) >= 11 is 1.59. The van der Waals surface area contributed by atoms with E-state index in [0.29, 0.717) is 47.5 Å². The number of aromatic nitrogens is 4. The quantitative estimate of drug-likeness (QED) is 0.350. The largest absolute Gasteiger partial charge is 0.493 e. The molecule has 9 heteroatoms. The van der Waals surface area contributed by atoms with E-state index in [2.05, 4.69) is 10.1 Å². The van der Waals surface area contributed by atoms with Crippen molar-refractivity contribution >= 4 is 16.9 Å². The van der Waals surface area contributed by atoms with Crippen LogP contribution >= 0.6 is 11.3 Å². The van der Waals surface area contributed by atoms with Gasteiger partial charge in [0.25, 0.3) is 5.56 Å². The number of thiophene rings is 1. The summed E-state index contributed by atoms with van der Waals surface area (Å²) in [7, 11) is 1.59. The molecule has 4 heterocycles. The predicted molar refractivity (Wildman–Crippen MR) is 126 cm³/mol. The first-order chi connectivity index (χ1) is 16.1. The Morgan fingerprint density at radius 2 is 2.03 bits per heavy atom. The molecule has 0 aliphatic rings. The van der Waals surface area contributed by atoms with E-state index >= 15 is 0 Å². The van der Waals surface area contributed by atoms with Crippen LogP contribution in [0.25, 0.3) is 27.5 Å². The van der Waals surface area contributed by atoms with E-state index in [-0.39, 0.29) is 5.56 Å². The van der Waals surface area contributed by atoms with Crippen molar-refractivity contribution in [3.8, 4) is 33.5 Å². The minimum atomic E-state index is -0.139. The number of benzene rings is 1. The fraction of sp³-hybridized carbons (Fsp3) is 0.208. The summed E-state index contributed by atoms with van der Waals surface area (Å²) in [5.74, 6) is 2.38.